The minimum Gasteiger partial charge on any atom is -0.394 e. The number of aliphatic hydroxyl groups is 1. The molecular weight excluding hydrogens is 350 g/mol. The lowest BCUT2D eigenvalue weighted by atomic mass is 9.80. The second kappa shape index (κ2) is 11.3. The van der Waals surface area contributed by atoms with Gasteiger partial charge in [-0.15, -0.1) is 0 Å². The minimum atomic E-state index is -0.0428. The van der Waals surface area contributed by atoms with Gasteiger partial charge in [0.1, 0.15) is 0 Å². The molecule has 1 aromatic rings. The molecule has 2 fully saturated rings. The highest BCUT2D eigenvalue weighted by atomic mass is 16.7. The van der Waals surface area contributed by atoms with E-state index < -0.39 is 0 Å². The lowest BCUT2D eigenvalue weighted by molar-refractivity contribution is -0.0676. The molecule has 0 saturated carbocycles. The van der Waals surface area contributed by atoms with E-state index in [1.807, 2.05) is 0 Å². The van der Waals surface area contributed by atoms with Crippen LogP contribution in [0.4, 0.5) is 0 Å². The van der Waals surface area contributed by atoms with Gasteiger partial charge in [0.25, 0.3) is 0 Å². The number of ether oxygens (including phenoxy) is 2. The first-order valence-electron chi connectivity index (χ1n) is 11.4. The van der Waals surface area contributed by atoms with Gasteiger partial charge in [-0.2, -0.15) is 0 Å². The summed E-state index contributed by atoms with van der Waals surface area (Å²) >= 11 is 0. The summed E-state index contributed by atoms with van der Waals surface area (Å²) in [5.41, 5.74) is 1.23. The quantitative estimate of drug-likeness (QED) is 0.577. The zero-order valence-corrected chi connectivity index (χ0v) is 17.8. The van der Waals surface area contributed by atoms with Crippen LogP contribution in [-0.4, -0.2) is 48.2 Å². The molecule has 2 saturated heterocycles. The molecule has 0 spiro atoms. The van der Waals surface area contributed by atoms with Crippen LogP contribution < -0.4 is 0 Å². The molecule has 2 aliphatic heterocycles. The van der Waals surface area contributed by atoms with Crippen molar-refractivity contribution in [2.45, 2.75) is 89.6 Å². The third-order valence-electron chi connectivity index (χ3n) is 6.66. The van der Waals surface area contributed by atoms with Gasteiger partial charge in [0, 0.05) is 12.1 Å². The molecule has 2 aliphatic rings. The summed E-state index contributed by atoms with van der Waals surface area (Å²) in [6, 6.07) is 11.7. The van der Waals surface area contributed by atoms with Crippen LogP contribution in [0.3, 0.4) is 0 Å². The van der Waals surface area contributed by atoms with Crippen LogP contribution in [0.15, 0.2) is 30.3 Å². The molecule has 1 aromatic carbocycles. The number of likely N-dealkylation sites (tertiary alicyclic amines) is 1. The van der Waals surface area contributed by atoms with Crippen molar-refractivity contribution in [3.05, 3.63) is 35.9 Å². The first-order chi connectivity index (χ1) is 13.7. The summed E-state index contributed by atoms with van der Waals surface area (Å²) in [4.78, 5) is 2.67. The number of aliphatic hydroxyl groups excluding tert-OH is 1. The number of hydrogen-bond donors (Lipinski definition) is 1. The number of piperidine rings is 1. The molecule has 28 heavy (non-hydrogen) atoms. The molecule has 4 atom stereocenters. The van der Waals surface area contributed by atoms with Crippen LogP contribution in [0.5, 0.6) is 0 Å². The standard InChI is InChI=1S/C24H39NO3/c1-3-4-6-11-21-13-12-19(2)22(14-15-24-27-16-17-28-24)25(21)23(18-26)20-9-7-5-8-10-20/h5,7-10,19,21-24,26H,3-4,6,11-18H2,1-2H3/t19-,21-,22+,23-/m0/s1. The maximum absolute atomic E-state index is 10.4. The van der Waals surface area contributed by atoms with Gasteiger partial charge in [0.2, 0.25) is 0 Å². The molecule has 4 heteroatoms. The largest absolute Gasteiger partial charge is 0.394 e. The molecule has 0 aliphatic carbocycles. The summed E-state index contributed by atoms with van der Waals surface area (Å²) in [6.45, 7) is 6.27. The Kier molecular flexibility index (Phi) is 8.78. The smallest absolute Gasteiger partial charge is 0.157 e. The Morgan fingerprint density at radius 2 is 1.79 bits per heavy atom. The van der Waals surface area contributed by atoms with Gasteiger partial charge in [-0.3, -0.25) is 4.90 Å². The maximum Gasteiger partial charge on any atom is 0.157 e. The van der Waals surface area contributed by atoms with Crippen LogP contribution in [0.1, 0.15) is 76.8 Å². The molecule has 1 N–H and O–H groups in total. The third kappa shape index (κ3) is 5.56. The Labute approximate surface area is 171 Å². The number of nitrogens with zero attached hydrogens (tertiary/aromatic N) is 1. The summed E-state index contributed by atoms with van der Waals surface area (Å²) in [5, 5.41) is 10.4. The van der Waals surface area contributed by atoms with E-state index >= 15 is 0 Å². The van der Waals surface area contributed by atoms with Gasteiger partial charge in [-0.05, 0) is 43.6 Å². The number of unbranched alkanes of at least 4 members (excludes halogenated alkanes) is 2. The van der Waals surface area contributed by atoms with Gasteiger partial charge >= 0.3 is 0 Å². The Morgan fingerprint density at radius 3 is 2.46 bits per heavy atom. The van der Waals surface area contributed by atoms with Gasteiger partial charge in [0.15, 0.2) is 6.29 Å². The molecule has 0 unspecified atom stereocenters. The molecule has 2 heterocycles. The molecule has 158 valence electrons. The molecule has 4 nitrogen and oxygen atoms in total. The fourth-order valence-electron chi connectivity index (χ4n) is 5.13. The Bertz CT molecular complexity index is 546. The third-order valence-corrected chi connectivity index (χ3v) is 6.66. The lowest BCUT2D eigenvalue weighted by Gasteiger charge is -2.50. The molecule has 0 radical (unpaired) electrons. The van der Waals surface area contributed by atoms with Crippen LogP contribution >= 0.6 is 0 Å². The average molecular weight is 390 g/mol. The molecule has 3 rings (SSSR count). The fourth-order valence-corrected chi connectivity index (χ4v) is 5.13. The Balaban J connectivity index is 1.79. The number of benzene rings is 1. The first-order valence-corrected chi connectivity index (χ1v) is 11.4. The second-order valence-corrected chi connectivity index (χ2v) is 8.58. The average Bonchev–Trinajstić information content (AvgIpc) is 3.24. The van der Waals surface area contributed by atoms with E-state index in [2.05, 4.69) is 49.1 Å². The van der Waals surface area contributed by atoms with Crippen LogP contribution in [0, 0.1) is 5.92 Å². The van der Waals surface area contributed by atoms with Gasteiger partial charge < -0.3 is 14.6 Å². The summed E-state index contributed by atoms with van der Waals surface area (Å²) in [5.74, 6) is 0.626. The zero-order chi connectivity index (χ0) is 19.8. The minimum absolute atomic E-state index is 0.0428. The van der Waals surface area contributed by atoms with Crippen LogP contribution in [0.2, 0.25) is 0 Å². The van der Waals surface area contributed by atoms with Crippen molar-refractivity contribution in [2.24, 2.45) is 5.92 Å². The van der Waals surface area contributed by atoms with E-state index in [-0.39, 0.29) is 18.9 Å². The highest BCUT2D eigenvalue weighted by Gasteiger charge is 2.39. The van der Waals surface area contributed by atoms with E-state index in [0.717, 1.165) is 26.1 Å². The predicted octanol–water partition coefficient (Wildman–Crippen LogP) is 4.92. The van der Waals surface area contributed by atoms with Gasteiger partial charge in [-0.1, -0.05) is 63.4 Å². The maximum atomic E-state index is 10.4. The SMILES string of the molecule is CCCCC[C@H]1CC[C@H](C)[C@@H](CCC2OCCO2)N1[C@@H](CO)c1ccccc1. The molecule has 0 amide bonds. The van der Waals surface area contributed by atoms with Gasteiger partial charge in [-0.25, -0.2) is 0 Å². The van der Waals surface area contributed by atoms with Crippen molar-refractivity contribution in [3.8, 4) is 0 Å². The Hall–Kier alpha value is -0.940. The van der Waals surface area contributed by atoms with Crippen molar-refractivity contribution < 1.29 is 14.6 Å². The molecular formula is C24H39NO3. The van der Waals surface area contributed by atoms with Crippen LogP contribution in [0.25, 0.3) is 0 Å². The summed E-state index contributed by atoms with van der Waals surface area (Å²) in [7, 11) is 0. The van der Waals surface area contributed by atoms with E-state index in [1.165, 1.54) is 44.1 Å². The van der Waals surface area contributed by atoms with Gasteiger partial charge in [0.05, 0.1) is 25.9 Å². The van der Waals surface area contributed by atoms with Crippen LogP contribution in [-0.2, 0) is 9.47 Å². The molecule has 0 aromatic heterocycles. The van der Waals surface area contributed by atoms with Crippen molar-refractivity contribution in [1.29, 1.82) is 0 Å². The van der Waals surface area contributed by atoms with Crippen molar-refractivity contribution in [1.82, 2.24) is 4.90 Å². The van der Waals surface area contributed by atoms with E-state index in [1.54, 1.807) is 0 Å². The highest BCUT2D eigenvalue weighted by molar-refractivity contribution is 5.20. The van der Waals surface area contributed by atoms with Crippen molar-refractivity contribution in [3.63, 3.8) is 0 Å². The first kappa shape index (κ1) is 21.8. The normalized spacial score (nSPS) is 27.9. The number of hydrogen-bond acceptors (Lipinski definition) is 4. The number of rotatable bonds is 10. The zero-order valence-electron chi connectivity index (χ0n) is 17.8. The molecule has 0 bridgehead atoms. The van der Waals surface area contributed by atoms with E-state index in [0.29, 0.717) is 18.0 Å². The highest BCUT2D eigenvalue weighted by Crippen LogP contribution is 2.39. The Morgan fingerprint density at radius 1 is 1.04 bits per heavy atom. The van der Waals surface area contributed by atoms with Crippen molar-refractivity contribution in [2.75, 3.05) is 19.8 Å². The second-order valence-electron chi connectivity index (χ2n) is 8.58. The predicted molar refractivity (Wildman–Crippen MR) is 113 cm³/mol. The van der Waals surface area contributed by atoms with E-state index in [9.17, 15) is 5.11 Å². The van der Waals surface area contributed by atoms with Crippen molar-refractivity contribution >= 4 is 0 Å². The van der Waals surface area contributed by atoms with E-state index in [4.69, 9.17) is 9.47 Å². The fraction of sp³-hybridized carbons (Fsp3) is 0.750. The topological polar surface area (TPSA) is 41.9 Å². The lowest BCUT2D eigenvalue weighted by Crippen LogP contribution is -2.53. The monoisotopic (exact) mass is 389 g/mol. The summed E-state index contributed by atoms with van der Waals surface area (Å²) in [6.07, 6.45) is 9.54. The summed E-state index contributed by atoms with van der Waals surface area (Å²) < 4.78 is 11.4.